The number of nitrogens with one attached hydrogen (secondary N) is 1. The first-order chi connectivity index (χ1) is 7.47. The van der Waals surface area contributed by atoms with E-state index >= 15 is 0 Å². The van der Waals surface area contributed by atoms with Crippen LogP contribution in [0.3, 0.4) is 0 Å². The lowest BCUT2D eigenvalue weighted by molar-refractivity contribution is -0.149. The van der Waals surface area contributed by atoms with Crippen molar-refractivity contribution in [3.05, 3.63) is 0 Å². The summed E-state index contributed by atoms with van der Waals surface area (Å²) in [5.74, 6) is -1.56. The van der Waals surface area contributed by atoms with Crippen LogP contribution in [0, 0.1) is 5.92 Å². The molecule has 0 aromatic heterocycles. The molecule has 1 fully saturated rings. The van der Waals surface area contributed by atoms with Crippen LogP contribution in [0.15, 0.2) is 0 Å². The minimum absolute atomic E-state index is 0.115. The zero-order valence-electron chi connectivity index (χ0n) is 9.51. The minimum atomic E-state index is -1.05. The van der Waals surface area contributed by atoms with E-state index in [9.17, 15) is 14.7 Å². The summed E-state index contributed by atoms with van der Waals surface area (Å²) in [4.78, 5) is 24.1. The summed E-state index contributed by atoms with van der Waals surface area (Å²) >= 11 is 0. The van der Waals surface area contributed by atoms with Crippen LogP contribution in [0.2, 0.25) is 0 Å². The molecule has 1 rings (SSSR count). The Labute approximate surface area is 94.2 Å². The number of rotatable bonds is 4. The molecule has 0 spiro atoms. The van der Waals surface area contributed by atoms with Gasteiger partial charge in [-0.25, -0.2) is 4.79 Å². The topological polar surface area (TPSA) is 89.9 Å². The minimum Gasteiger partial charge on any atom is -0.480 e. The van der Waals surface area contributed by atoms with Crippen molar-refractivity contribution in [1.29, 1.82) is 0 Å². The van der Waals surface area contributed by atoms with Gasteiger partial charge >= 0.3 is 5.97 Å². The summed E-state index contributed by atoms with van der Waals surface area (Å²) in [7, 11) is 1.73. The highest BCUT2D eigenvalue weighted by atomic mass is 16.4. The number of aliphatic hydroxyl groups is 1. The molecule has 0 aromatic rings. The monoisotopic (exact) mass is 230 g/mol. The van der Waals surface area contributed by atoms with Crippen LogP contribution in [0.4, 0.5) is 0 Å². The molecule has 0 aromatic carbocycles. The third kappa shape index (κ3) is 2.70. The second-order valence-electron chi connectivity index (χ2n) is 4.19. The molecule has 0 bridgehead atoms. The van der Waals surface area contributed by atoms with Crippen LogP contribution in [-0.2, 0) is 9.59 Å². The van der Waals surface area contributed by atoms with Gasteiger partial charge in [-0.05, 0) is 7.05 Å². The highest BCUT2D eigenvalue weighted by Crippen LogP contribution is 2.20. The van der Waals surface area contributed by atoms with Crippen LogP contribution < -0.4 is 5.32 Å². The van der Waals surface area contributed by atoms with Crippen molar-refractivity contribution in [1.82, 2.24) is 10.2 Å². The number of hydrogen-bond donors (Lipinski definition) is 3. The Balaban J connectivity index is 2.70. The zero-order chi connectivity index (χ0) is 12.3. The summed E-state index contributed by atoms with van der Waals surface area (Å²) in [5.41, 5.74) is 0. The number of β-amino-alcohol motifs (C(OH)–C–C–N with tert-alkyl or cyclic N) is 1. The molecule has 3 N–H and O–H groups in total. The van der Waals surface area contributed by atoms with E-state index in [1.54, 1.807) is 14.0 Å². The quantitative estimate of drug-likeness (QED) is 0.569. The van der Waals surface area contributed by atoms with E-state index in [4.69, 9.17) is 5.11 Å². The summed E-state index contributed by atoms with van der Waals surface area (Å²) in [5, 5.41) is 21.2. The van der Waals surface area contributed by atoms with Gasteiger partial charge in [-0.3, -0.25) is 4.79 Å². The number of amides is 1. The summed E-state index contributed by atoms with van der Waals surface area (Å²) in [6.07, 6.45) is -0.611. The molecular weight excluding hydrogens is 212 g/mol. The molecule has 1 heterocycles. The average Bonchev–Trinajstić information content (AvgIpc) is 2.59. The van der Waals surface area contributed by atoms with Crippen LogP contribution in [0.25, 0.3) is 0 Å². The van der Waals surface area contributed by atoms with Gasteiger partial charge in [-0.1, -0.05) is 6.92 Å². The average molecular weight is 230 g/mol. The van der Waals surface area contributed by atoms with Gasteiger partial charge in [-0.15, -0.1) is 0 Å². The van der Waals surface area contributed by atoms with Gasteiger partial charge in [0.05, 0.1) is 6.10 Å². The second kappa shape index (κ2) is 5.27. The predicted octanol–water partition coefficient (Wildman–Crippen LogP) is -1.11. The van der Waals surface area contributed by atoms with Gasteiger partial charge in [0, 0.05) is 25.4 Å². The molecule has 1 saturated heterocycles. The summed E-state index contributed by atoms with van der Waals surface area (Å²) in [6.45, 7) is 2.35. The van der Waals surface area contributed by atoms with Crippen molar-refractivity contribution in [2.45, 2.75) is 25.5 Å². The van der Waals surface area contributed by atoms with E-state index in [1.807, 2.05) is 0 Å². The number of hydrogen-bond acceptors (Lipinski definition) is 4. The predicted molar refractivity (Wildman–Crippen MR) is 56.9 cm³/mol. The number of likely N-dealkylation sites (tertiary alicyclic amines) is 1. The molecular formula is C10H18N2O4. The number of aliphatic hydroxyl groups excluding tert-OH is 1. The number of carbonyl (C=O) groups excluding carboxylic acids is 1. The number of nitrogens with zero attached hydrogens (tertiary/aromatic N) is 1. The van der Waals surface area contributed by atoms with Gasteiger partial charge in [-0.2, -0.15) is 0 Å². The first-order valence-electron chi connectivity index (χ1n) is 5.33. The van der Waals surface area contributed by atoms with Crippen molar-refractivity contribution < 1.29 is 19.8 Å². The standard InChI is InChI=1S/C10H18N2O4/c1-6(4-11-2)9(14)12-5-7(13)3-8(12)10(15)16/h6-8,11,13H,3-5H2,1-2H3,(H,15,16)/t6?,7-,8-/m1/s1. The highest BCUT2D eigenvalue weighted by Gasteiger charge is 2.39. The lowest BCUT2D eigenvalue weighted by Gasteiger charge is -2.24. The number of carboxylic acids is 1. The van der Waals surface area contributed by atoms with Gasteiger partial charge in [0.25, 0.3) is 0 Å². The van der Waals surface area contributed by atoms with Gasteiger partial charge in [0.2, 0.25) is 5.91 Å². The van der Waals surface area contributed by atoms with E-state index in [-0.39, 0.29) is 24.8 Å². The maximum absolute atomic E-state index is 11.9. The van der Waals surface area contributed by atoms with Crippen LogP contribution >= 0.6 is 0 Å². The van der Waals surface area contributed by atoms with E-state index in [0.717, 1.165) is 0 Å². The molecule has 6 nitrogen and oxygen atoms in total. The molecule has 6 heteroatoms. The van der Waals surface area contributed by atoms with E-state index in [0.29, 0.717) is 6.54 Å². The Morgan fingerprint density at radius 1 is 1.56 bits per heavy atom. The Morgan fingerprint density at radius 3 is 2.69 bits per heavy atom. The Bertz CT molecular complexity index is 282. The van der Waals surface area contributed by atoms with E-state index < -0.39 is 18.1 Å². The molecule has 0 radical (unpaired) electrons. The molecule has 1 unspecified atom stereocenters. The fourth-order valence-corrected chi connectivity index (χ4v) is 1.97. The van der Waals surface area contributed by atoms with Crippen molar-refractivity contribution in [2.24, 2.45) is 5.92 Å². The maximum Gasteiger partial charge on any atom is 0.326 e. The molecule has 0 aliphatic carbocycles. The van der Waals surface area contributed by atoms with Gasteiger partial charge in [0.15, 0.2) is 0 Å². The molecule has 1 amide bonds. The summed E-state index contributed by atoms with van der Waals surface area (Å²) < 4.78 is 0. The summed E-state index contributed by atoms with van der Waals surface area (Å²) in [6, 6.07) is -0.887. The van der Waals surface area contributed by atoms with Crippen molar-refractivity contribution in [3.63, 3.8) is 0 Å². The highest BCUT2D eigenvalue weighted by molar-refractivity contribution is 5.85. The zero-order valence-corrected chi connectivity index (χ0v) is 9.51. The fourth-order valence-electron chi connectivity index (χ4n) is 1.97. The van der Waals surface area contributed by atoms with Crippen LogP contribution in [0.5, 0.6) is 0 Å². The fraction of sp³-hybridized carbons (Fsp3) is 0.800. The molecule has 0 saturated carbocycles. The second-order valence-corrected chi connectivity index (χ2v) is 4.19. The van der Waals surface area contributed by atoms with E-state index in [2.05, 4.69) is 5.32 Å². The first-order valence-corrected chi connectivity index (χ1v) is 5.33. The number of carbonyl (C=O) groups is 2. The molecule has 16 heavy (non-hydrogen) atoms. The molecule has 1 aliphatic rings. The SMILES string of the molecule is CNCC(C)C(=O)N1C[C@H](O)C[C@@H]1C(=O)O. The lowest BCUT2D eigenvalue weighted by Crippen LogP contribution is -2.44. The van der Waals surface area contributed by atoms with Crippen molar-refractivity contribution in [3.8, 4) is 0 Å². The Hall–Kier alpha value is -1.14. The van der Waals surface area contributed by atoms with Gasteiger partial charge in [0.1, 0.15) is 6.04 Å². The molecule has 1 aliphatic heterocycles. The van der Waals surface area contributed by atoms with Gasteiger partial charge < -0.3 is 20.4 Å². The lowest BCUT2D eigenvalue weighted by atomic mass is 10.1. The maximum atomic E-state index is 11.9. The number of carboxylic acid groups (broad SMARTS) is 1. The van der Waals surface area contributed by atoms with E-state index in [1.165, 1.54) is 4.90 Å². The van der Waals surface area contributed by atoms with Crippen molar-refractivity contribution >= 4 is 11.9 Å². The first kappa shape index (κ1) is 12.9. The Kier molecular flexibility index (Phi) is 4.26. The molecule has 3 atom stereocenters. The van der Waals surface area contributed by atoms with Crippen molar-refractivity contribution in [2.75, 3.05) is 20.1 Å². The largest absolute Gasteiger partial charge is 0.480 e. The third-order valence-electron chi connectivity index (χ3n) is 2.78. The molecule has 92 valence electrons. The smallest absolute Gasteiger partial charge is 0.326 e. The van der Waals surface area contributed by atoms with Crippen LogP contribution in [0.1, 0.15) is 13.3 Å². The normalized spacial score (nSPS) is 26.8. The third-order valence-corrected chi connectivity index (χ3v) is 2.78. The Morgan fingerprint density at radius 2 is 2.19 bits per heavy atom. The number of aliphatic carboxylic acids is 1. The van der Waals surface area contributed by atoms with Crippen LogP contribution in [-0.4, -0.2) is 59.3 Å².